The monoisotopic (exact) mass is 365 g/mol. The minimum absolute atomic E-state index is 0.0678. The molecular weight excluding hydrogens is 354 g/mol. The van der Waals surface area contributed by atoms with Crippen molar-refractivity contribution in [2.24, 2.45) is 0 Å². The second-order valence-corrected chi connectivity index (χ2v) is 5.20. The zero-order valence-electron chi connectivity index (χ0n) is 13.0. The summed E-state index contributed by atoms with van der Waals surface area (Å²) in [5.74, 6) is -1.42. The van der Waals surface area contributed by atoms with Crippen LogP contribution in [-0.2, 0) is 6.18 Å². The lowest BCUT2D eigenvalue weighted by Gasteiger charge is -2.15. The lowest BCUT2D eigenvalue weighted by molar-refractivity contribution is -0.137. The number of ether oxygens (including phenoxy) is 1. The standard InChI is InChI=1S/C18H11F4NO3/c19-12-3-1-4-13(10-12)26-15-7-6-11(18(20,21)22)9-14(15)23-17(24)16-5-2-8-25-16/h1-10H,(H,23,24). The molecule has 26 heavy (non-hydrogen) atoms. The van der Waals surface area contributed by atoms with Crippen molar-refractivity contribution in [2.45, 2.75) is 6.18 Å². The van der Waals surface area contributed by atoms with Crippen molar-refractivity contribution in [2.75, 3.05) is 5.32 Å². The summed E-state index contributed by atoms with van der Waals surface area (Å²) in [6, 6.07) is 10.5. The van der Waals surface area contributed by atoms with Gasteiger partial charge in [-0.15, -0.1) is 0 Å². The van der Waals surface area contributed by atoms with E-state index in [0.717, 1.165) is 24.3 Å². The van der Waals surface area contributed by atoms with E-state index in [1.165, 1.54) is 36.6 Å². The molecule has 1 aromatic heterocycles. The van der Waals surface area contributed by atoms with Crippen molar-refractivity contribution in [3.63, 3.8) is 0 Å². The van der Waals surface area contributed by atoms with Crippen molar-refractivity contribution in [3.05, 3.63) is 78.0 Å². The first-order valence-electron chi connectivity index (χ1n) is 7.32. The minimum Gasteiger partial charge on any atom is -0.459 e. The van der Waals surface area contributed by atoms with Crippen LogP contribution in [0.5, 0.6) is 11.5 Å². The number of carbonyl (C=O) groups is 1. The highest BCUT2D eigenvalue weighted by atomic mass is 19.4. The topological polar surface area (TPSA) is 51.5 Å². The van der Waals surface area contributed by atoms with E-state index >= 15 is 0 Å². The summed E-state index contributed by atoms with van der Waals surface area (Å²) in [6.45, 7) is 0. The highest BCUT2D eigenvalue weighted by Crippen LogP contribution is 2.37. The van der Waals surface area contributed by atoms with Gasteiger partial charge in [-0.2, -0.15) is 13.2 Å². The summed E-state index contributed by atoms with van der Waals surface area (Å²) in [5, 5.41) is 2.31. The molecule has 0 atom stereocenters. The van der Waals surface area contributed by atoms with Crippen LogP contribution in [0.15, 0.2) is 65.3 Å². The Kier molecular flexibility index (Phi) is 4.66. The Bertz CT molecular complexity index is 920. The number of alkyl halides is 3. The van der Waals surface area contributed by atoms with Crippen LogP contribution in [0.2, 0.25) is 0 Å². The number of hydrogen-bond acceptors (Lipinski definition) is 3. The molecule has 3 aromatic rings. The maximum absolute atomic E-state index is 13.3. The lowest BCUT2D eigenvalue weighted by Crippen LogP contribution is -2.13. The number of rotatable bonds is 4. The van der Waals surface area contributed by atoms with Crippen LogP contribution in [0.4, 0.5) is 23.2 Å². The zero-order chi connectivity index (χ0) is 18.7. The van der Waals surface area contributed by atoms with Crippen LogP contribution in [0.1, 0.15) is 16.1 Å². The Labute approximate surface area is 145 Å². The van der Waals surface area contributed by atoms with E-state index in [4.69, 9.17) is 9.15 Å². The van der Waals surface area contributed by atoms with Crippen LogP contribution in [-0.4, -0.2) is 5.91 Å². The molecule has 1 amide bonds. The second kappa shape index (κ2) is 6.91. The van der Waals surface area contributed by atoms with Crippen LogP contribution in [0.25, 0.3) is 0 Å². The van der Waals surface area contributed by atoms with Gasteiger partial charge in [0, 0.05) is 6.07 Å². The van der Waals surface area contributed by atoms with Gasteiger partial charge < -0.3 is 14.5 Å². The highest BCUT2D eigenvalue weighted by molar-refractivity contribution is 6.03. The molecule has 0 aliphatic heterocycles. The molecule has 0 unspecified atom stereocenters. The molecule has 1 heterocycles. The number of anilines is 1. The minimum atomic E-state index is -4.61. The number of hydrogen-bond donors (Lipinski definition) is 1. The normalized spacial score (nSPS) is 11.2. The van der Waals surface area contributed by atoms with E-state index in [2.05, 4.69) is 5.32 Å². The van der Waals surface area contributed by atoms with E-state index in [-0.39, 0.29) is 22.9 Å². The molecule has 134 valence electrons. The smallest absolute Gasteiger partial charge is 0.416 e. The van der Waals surface area contributed by atoms with E-state index in [1.807, 2.05) is 0 Å². The summed E-state index contributed by atoms with van der Waals surface area (Å²) < 4.78 is 62.5. The van der Waals surface area contributed by atoms with Gasteiger partial charge in [0.1, 0.15) is 11.6 Å². The first kappa shape index (κ1) is 17.5. The van der Waals surface area contributed by atoms with Crippen LogP contribution in [0, 0.1) is 5.82 Å². The van der Waals surface area contributed by atoms with Gasteiger partial charge in [-0.25, -0.2) is 4.39 Å². The number of amides is 1. The first-order valence-corrected chi connectivity index (χ1v) is 7.32. The van der Waals surface area contributed by atoms with E-state index in [9.17, 15) is 22.4 Å². The third-order valence-corrected chi connectivity index (χ3v) is 3.32. The Balaban J connectivity index is 1.95. The number of halogens is 4. The Morgan fingerprint density at radius 2 is 1.85 bits per heavy atom. The maximum atomic E-state index is 13.3. The first-order chi connectivity index (χ1) is 12.3. The summed E-state index contributed by atoms with van der Waals surface area (Å²) in [6.07, 6.45) is -3.35. The molecule has 0 fully saturated rings. The Morgan fingerprint density at radius 3 is 2.50 bits per heavy atom. The largest absolute Gasteiger partial charge is 0.459 e. The summed E-state index contributed by atoms with van der Waals surface area (Å²) in [7, 11) is 0. The summed E-state index contributed by atoms with van der Waals surface area (Å²) >= 11 is 0. The number of furan rings is 1. The van der Waals surface area contributed by atoms with Gasteiger partial charge in [-0.3, -0.25) is 4.79 Å². The molecule has 4 nitrogen and oxygen atoms in total. The van der Waals surface area contributed by atoms with Crippen molar-refractivity contribution >= 4 is 11.6 Å². The van der Waals surface area contributed by atoms with E-state index < -0.39 is 23.5 Å². The zero-order valence-corrected chi connectivity index (χ0v) is 13.0. The molecule has 0 radical (unpaired) electrons. The van der Waals surface area contributed by atoms with Gasteiger partial charge in [0.25, 0.3) is 5.91 Å². The van der Waals surface area contributed by atoms with Crippen molar-refractivity contribution in [1.82, 2.24) is 0 Å². The molecular formula is C18H11F4NO3. The molecule has 8 heteroatoms. The number of nitrogens with one attached hydrogen (secondary N) is 1. The fraction of sp³-hybridized carbons (Fsp3) is 0.0556. The average molecular weight is 365 g/mol. The molecule has 1 N–H and O–H groups in total. The van der Waals surface area contributed by atoms with Crippen LogP contribution < -0.4 is 10.1 Å². The van der Waals surface area contributed by atoms with Crippen molar-refractivity contribution in [1.29, 1.82) is 0 Å². The molecule has 3 rings (SSSR count). The van der Waals surface area contributed by atoms with Gasteiger partial charge in [0.2, 0.25) is 0 Å². The van der Waals surface area contributed by atoms with Crippen molar-refractivity contribution < 1.29 is 31.5 Å². The third kappa shape index (κ3) is 4.02. The lowest BCUT2D eigenvalue weighted by atomic mass is 10.1. The fourth-order valence-corrected chi connectivity index (χ4v) is 2.14. The molecule has 2 aromatic carbocycles. The Morgan fingerprint density at radius 1 is 1.04 bits per heavy atom. The summed E-state index contributed by atoms with van der Waals surface area (Å²) in [5.41, 5.74) is -1.20. The second-order valence-electron chi connectivity index (χ2n) is 5.20. The molecule has 0 aliphatic rings. The summed E-state index contributed by atoms with van der Waals surface area (Å²) in [4.78, 5) is 12.1. The molecule has 0 spiro atoms. The van der Waals surface area contributed by atoms with Gasteiger partial charge >= 0.3 is 6.18 Å². The van der Waals surface area contributed by atoms with Gasteiger partial charge in [0.05, 0.1) is 17.5 Å². The van der Waals surface area contributed by atoms with Crippen LogP contribution in [0.3, 0.4) is 0 Å². The van der Waals surface area contributed by atoms with Gasteiger partial charge in [0.15, 0.2) is 11.5 Å². The molecule has 0 saturated carbocycles. The SMILES string of the molecule is O=C(Nc1cc(C(F)(F)F)ccc1Oc1cccc(F)c1)c1ccco1. The average Bonchev–Trinajstić information content (AvgIpc) is 3.10. The molecule has 0 aliphatic carbocycles. The fourth-order valence-electron chi connectivity index (χ4n) is 2.14. The molecule has 0 saturated heterocycles. The van der Waals surface area contributed by atoms with Gasteiger partial charge in [-0.05, 0) is 42.5 Å². The maximum Gasteiger partial charge on any atom is 0.416 e. The third-order valence-electron chi connectivity index (χ3n) is 3.32. The van der Waals surface area contributed by atoms with Crippen molar-refractivity contribution in [3.8, 4) is 11.5 Å². The van der Waals surface area contributed by atoms with E-state index in [1.54, 1.807) is 0 Å². The Hall–Kier alpha value is -3.29. The predicted molar refractivity (Wildman–Crippen MR) is 84.6 cm³/mol. The number of benzene rings is 2. The highest BCUT2D eigenvalue weighted by Gasteiger charge is 2.31. The van der Waals surface area contributed by atoms with Crippen LogP contribution >= 0.6 is 0 Å². The number of carbonyl (C=O) groups excluding carboxylic acids is 1. The van der Waals surface area contributed by atoms with E-state index in [0.29, 0.717) is 0 Å². The predicted octanol–water partition coefficient (Wildman–Crippen LogP) is 5.48. The van der Waals surface area contributed by atoms with Gasteiger partial charge in [-0.1, -0.05) is 6.07 Å². The molecule has 0 bridgehead atoms. The quantitative estimate of drug-likeness (QED) is 0.623.